The van der Waals surface area contributed by atoms with E-state index in [4.69, 9.17) is 4.74 Å². The van der Waals surface area contributed by atoms with Gasteiger partial charge in [-0.2, -0.15) is 0 Å². The minimum Gasteiger partial charge on any atom is -0.465 e. The molecule has 0 bridgehead atoms. The summed E-state index contributed by atoms with van der Waals surface area (Å²) in [6, 6.07) is 8.49. The fourth-order valence-corrected chi connectivity index (χ4v) is 2.24. The van der Waals surface area contributed by atoms with Crippen molar-refractivity contribution in [1.82, 2.24) is 15.3 Å². The van der Waals surface area contributed by atoms with Gasteiger partial charge >= 0.3 is 5.97 Å². The summed E-state index contributed by atoms with van der Waals surface area (Å²) in [6.45, 7) is 4.37. The molecule has 25 heavy (non-hydrogen) atoms. The van der Waals surface area contributed by atoms with E-state index >= 15 is 0 Å². The summed E-state index contributed by atoms with van der Waals surface area (Å²) < 4.78 is 4.78. The summed E-state index contributed by atoms with van der Waals surface area (Å²) in [6.07, 6.45) is 1.91. The van der Waals surface area contributed by atoms with E-state index in [0.717, 1.165) is 12.8 Å². The Morgan fingerprint density at radius 1 is 1.20 bits per heavy atom. The molecule has 0 radical (unpaired) electrons. The van der Waals surface area contributed by atoms with Gasteiger partial charge in [-0.1, -0.05) is 25.5 Å². The third kappa shape index (κ3) is 5.00. The average molecular weight is 342 g/mol. The summed E-state index contributed by atoms with van der Waals surface area (Å²) in [5.41, 5.74) is 1.21. The smallest absolute Gasteiger partial charge is 0.339 e. The number of para-hydroxylation sites is 1. The van der Waals surface area contributed by atoms with Crippen LogP contribution < -0.4 is 10.6 Å². The van der Waals surface area contributed by atoms with Crippen molar-refractivity contribution in [3.05, 3.63) is 47.4 Å². The van der Waals surface area contributed by atoms with Crippen LogP contribution in [0.25, 0.3) is 0 Å². The zero-order valence-corrected chi connectivity index (χ0v) is 14.6. The largest absolute Gasteiger partial charge is 0.465 e. The number of amides is 1. The van der Waals surface area contributed by atoms with Crippen molar-refractivity contribution in [1.29, 1.82) is 0 Å². The molecule has 0 unspecified atom stereocenters. The number of benzene rings is 1. The first-order valence-corrected chi connectivity index (χ1v) is 8.13. The number of rotatable bonds is 7. The van der Waals surface area contributed by atoms with Gasteiger partial charge in [-0.15, -0.1) is 0 Å². The van der Waals surface area contributed by atoms with Gasteiger partial charge in [0.05, 0.1) is 18.4 Å². The van der Waals surface area contributed by atoms with Crippen molar-refractivity contribution in [3.8, 4) is 0 Å². The average Bonchev–Trinajstić information content (AvgIpc) is 2.61. The highest BCUT2D eigenvalue weighted by molar-refractivity contribution is 5.97. The monoisotopic (exact) mass is 342 g/mol. The molecule has 0 spiro atoms. The second-order valence-corrected chi connectivity index (χ2v) is 5.46. The van der Waals surface area contributed by atoms with E-state index in [0.29, 0.717) is 29.4 Å². The van der Waals surface area contributed by atoms with Crippen molar-refractivity contribution < 1.29 is 14.3 Å². The van der Waals surface area contributed by atoms with Crippen LogP contribution in [0, 0.1) is 6.92 Å². The van der Waals surface area contributed by atoms with Crippen LogP contribution in [-0.4, -0.2) is 35.5 Å². The van der Waals surface area contributed by atoms with Gasteiger partial charge in [0.1, 0.15) is 17.3 Å². The molecule has 1 aromatic heterocycles. The lowest BCUT2D eigenvalue weighted by Crippen LogP contribution is -2.25. The number of methoxy groups -OCH3 is 1. The van der Waals surface area contributed by atoms with Crippen LogP contribution >= 0.6 is 0 Å². The van der Waals surface area contributed by atoms with Gasteiger partial charge in [-0.3, -0.25) is 4.79 Å². The van der Waals surface area contributed by atoms with E-state index in [2.05, 4.69) is 27.5 Å². The molecule has 1 aromatic carbocycles. The van der Waals surface area contributed by atoms with Gasteiger partial charge in [-0.05, 0) is 25.5 Å². The summed E-state index contributed by atoms with van der Waals surface area (Å²) >= 11 is 0. The zero-order valence-electron chi connectivity index (χ0n) is 14.6. The van der Waals surface area contributed by atoms with Crippen molar-refractivity contribution in [2.24, 2.45) is 0 Å². The van der Waals surface area contributed by atoms with Crippen molar-refractivity contribution in [3.63, 3.8) is 0 Å². The number of carbonyl (C=O) groups is 2. The first-order chi connectivity index (χ1) is 12.0. The third-order valence-electron chi connectivity index (χ3n) is 3.48. The molecule has 0 aliphatic carbocycles. The maximum absolute atomic E-state index is 12.2. The number of hydrogen-bond acceptors (Lipinski definition) is 6. The van der Waals surface area contributed by atoms with Gasteiger partial charge in [0.2, 0.25) is 0 Å². The van der Waals surface area contributed by atoms with Crippen LogP contribution in [0.15, 0.2) is 30.3 Å². The molecule has 0 aliphatic rings. The topological polar surface area (TPSA) is 93.2 Å². The van der Waals surface area contributed by atoms with Crippen LogP contribution in [0.1, 0.15) is 46.4 Å². The Kier molecular flexibility index (Phi) is 6.45. The molecule has 2 rings (SSSR count). The number of anilines is 2. The van der Waals surface area contributed by atoms with Gasteiger partial charge in [0, 0.05) is 12.6 Å². The minimum absolute atomic E-state index is 0.247. The minimum atomic E-state index is -0.452. The Hall–Kier alpha value is -2.96. The lowest BCUT2D eigenvalue weighted by atomic mass is 10.2. The Morgan fingerprint density at radius 2 is 1.96 bits per heavy atom. The van der Waals surface area contributed by atoms with Crippen LogP contribution in [0.5, 0.6) is 0 Å². The molecule has 0 aliphatic heterocycles. The lowest BCUT2D eigenvalue weighted by Gasteiger charge is -2.11. The lowest BCUT2D eigenvalue weighted by molar-refractivity contribution is 0.0601. The number of ether oxygens (including phenoxy) is 1. The van der Waals surface area contributed by atoms with Gasteiger partial charge in [0.15, 0.2) is 0 Å². The Labute approximate surface area is 146 Å². The molecule has 0 saturated heterocycles. The number of unbranched alkanes of at least 4 members (excludes halogenated alkanes) is 1. The van der Waals surface area contributed by atoms with E-state index in [9.17, 15) is 9.59 Å². The van der Waals surface area contributed by atoms with E-state index in [1.54, 1.807) is 37.3 Å². The SMILES string of the molecule is CCCCNC(=O)c1cc(Nc2ccccc2C(=O)OC)nc(C)n1. The number of aryl methyl sites for hydroxylation is 1. The first kappa shape index (κ1) is 18.4. The van der Waals surface area contributed by atoms with Crippen LogP contribution in [0.2, 0.25) is 0 Å². The molecule has 0 saturated carbocycles. The van der Waals surface area contributed by atoms with Crippen molar-refractivity contribution in [2.45, 2.75) is 26.7 Å². The summed E-state index contributed by atoms with van der Waals surface area (Å²) in [7, 11) is 1.33. The maximum atomic E-state index is 12.2. The van der Waals surface area contributed by atoms with Crippen LogP contribution in [-0.2, 0) is 4.74 Å². The Morgan fingerprint density at radius 3 is 2.68 bits per heavy atom. The summed E-state index contributed by atoms with van der Waals surface area (Å²) in [5, 5.41) is 5.88. The normalized spacial score (nSPS) is 10.2. The number of aromatic nitrogens is 2. The number of carbonyl (C=O) groups excluding carboxylic acids is 2. The standard InChI is InChI=1S/C18H22N4O3/c1-4-5-10-19-17(23)15-11-16(21-12(2)20-15)22-14-9-7-6-8-13(14)18(24)25-3/h6-9,11H,4-5,10H2,1-3H3,(H,19,23)(H,20,21,22). The molecule has 0 fully saturated rings. The van der Waals surface area contributed by atoms with Crippen molar-refractivity contribution in [2.75, 3.05) is 19.0 Å². The van der Waals surface area contributed by atoms with Gasteiger partial charge < -0.3 is 15.4 Å². The molecule has 2 aromatic rings. The molecule has 1 heterocycles. The number of nitrogens with one attached hydrogen (secondary N) is 2. The quantitative estimate of drug-likeness (QED) is 0.594. The zero-order chi connectivity index (χ0) is 18.2. The predicted octanol–water partition coefficient (Wildman–Crippen LogP) is 2.85. The molecule has 2 N–H and O–H groups in total. The van der Waals surface area contributed by atoms with Gasteiger partial charge in [-0.25, -0.2) is 14.8 Å². The second kappa shape index (κ2) is 8.77. The Bertz CT molecular complexity index is 762. The molecule has 0 atom stereocenters. The van der Waals surface area contributed by atoms with E-state index in [1.807, 2.05) is 0 Å². The molecule has 7 nitrogen and oxygen atoms in total. The van der Waals surface area contributed by atoms with E-state index < -0.39 is 5.97 Å². The van der Waals surface area contributed by atoms with E-state index in [-0.39, 0.29) is 11.6 Å². The van der Waals surface area contributed by atoms with Crippen LogP contribution in [0.4, 0.5) is 11.5 Å². The summed E-state index contributed by atoms with van der Waals surface area (Å²) in [4.78, 5) is 32.5. The number of nitrogens with zero attached hydrogens (tertiary/aromatic N) is 2. The fourth-order valence-electron chi connectivity index (χ4n) is 2.24. The third-order valence-corrected chi connectivity index (χ3v) is 3.48. The highest BCUT2D eigenvalue weighted by atomic mass is 16.5. The maximum Gasteiger partial charge on any atom is 0.339 e. The second-order valence-electron chi connectivity index (χ2n) is 5.46. The highest BCUT2D eigenvalue weighted by Crippen LogP contribution is 2.21. The molecule has 1 amide bonds. The summed E-state index contributed by atoms with van der Waals surface area (Å²) in [5.74, 6) is 0.195. The predicted molar refractivity (Wildman–Crippen MR) is 95.1 cm³/mol. The first-order valence-electron chi connectivity index (χ1n) is 8.13. The van der Waals surface area contributed by atoms with Crippen LogP contribution in [0.3, 0.4) is 0 Å². The van der Waals surface area contributed by atoms with Gasteiger partial charge in [0.25, 0.3) is 5.91 Å². The molecule has 7 heteroatoms. The number of esters is 1. The fraction of sp³-hybridized carbons (Fsp3) is 0.333. The number of hydrogen-bond donors (Lipinski definition) is 2. The van der Waals surface area contributed by atoms with Crippen molar-refractivity contribution >= 4 is 23.4 Å². The molecular formula is C18H22N4O3. The highest BCUT2D eigenvalue weighted by Gasteiger charge is 2.14. The molecular weight excluding hydrogens is 320 g/mol. The Balaban J connectivity index is 2.24. The van der Waals surface area contributed by atoms with E-state index in [1.165, 1.54) is 7.11 Å². The molecule has 132 valence electrons.